The van der Waals surface area contributed by atoms with Gasteiger partial charge in [-0.25, -0.2) is 4.98 Å². The van der Waals surface area contributed by atoms with Gasteiger partial charge < -0.3 is 4.74 Å². The molecule has 0 spiro atoms. The molecule has 4 rings (SSSR count). The summed E-state index contributed by atoms with van der Waals surface area (Å²) in [5.41, 5.74) is 1.65. The minimum atomic E-state index is -4.47. The van der Waals surface area contributed by atoms with Gasteiger partial charge in [0.15, 0.2) is 0 Å². The van der Waals surface area contributed by atoms with Crippen molar-refractivity contribution in [2.75, 3.05) is 6.61 Å². The van der Waals surface area contributed by atoms with Gasteiger partial charge in [-0.2, -0.15) is 18.2 Å². The minimum absolute atomic E-state index is 0.0162. The second kappa shape index (κ2) is 7.46. The van der Waals surface area contributed by atoms with Crippen LogP contribution in [-0.2, 0) is 6.18 Å². The van der Waals surface area contributed by atoms with Crippen molar-refractivity contribution in [2.45, 2.75) is 32.4 Å². The van der Waals surface area contributed by atoms with Crippen molar-refractivity contribution in [2.24, 2.45) is 5.92 Å². The van der Waals surface area contributed by atoms with E-state index in [0.29, 0.717) is 18.3 Å². The molecule has 1 saturated carbocycles. The van der Waals surface area contributed by atoms with Crippen molar-refractivity contribution in [1.82, 2.24) is 15.0 Å². The maximum absolute atomic E-state index is 13.4. The Labute approximate surface area is 166 Å². The minimum Gasteiger partial charge on any atom is -0.477 e. The molecule has 2 aromatic heterocycles. The number of nitrogens with zero attached hydrogens (tertiary/aromatic N) is 3. The van der Waals surface area contributed by atoms with Crippen molar-refractivity contribution in [1.29, 1.82) is 0 Å². The molecule has 0 N–H and O–H groups in total. The van der Waals surface area contributed by atoms with E-state index in [9.17, 15) is 13.2 Å². The highest BCUT2D eigenvalue weighted by Crippen LogP contribution is 2.47. The summed E-state index contributed by atoms with van der Waals surface area (Å²) in [4.78, 5) is 12.8. The fraction of sp³-hybridized carbons (Fsp3) is 0.318. The lowest BCUT2D eigenvalue weighted by molar-refractivity contribution is -0.137. The number of aryl methyl sites for hydroxylation is 2. The Kier molecular flexibility index (Phi) is 4.98. The van der Waals surface area contributed by atoms with Crippen molar-refractivity contribution in [3.63, 3.8) is 0 Å². The van der Waals surface area contributed by atoms with Gasteiger partial charge >= 0.3 is 6.18 Å². The molecule has 7 heteroatoms. The Balaban J connectivity index is 1.55. The van der Waals surface area contributed by atoms with Gasteiger partial charge in [-0.05, 0) is 38.0 Å². The monoisotopic (exact) mass is 399 g/mol. The maximum atomic E-state index is 13.4. The molecular formula is C22H20F3N3O. The summed E-state index contributed by atoms with van der Waals surface area (Å²) in [6.45, 7) is 4.04. The van der Waals surface area contributed by atoms with E-state index in [4.69, 9.17) is 4.74 Å². The largest absolute Gasteiger partial charge is 0.477 e. The van der Waals surface area contributed by atoms with Crippen molar-refractivity contribution >= 4 is 0 Å². The number of rotatable bonds is 5. The van der Waals surface area contributed by atoms with Gasteiger partial charge in [0, 0.05) is 35.5 Å². The predicted octanol–water partition coefficient (Wildman–Crippen LogP) is 5.36. The lowest BCUT2D eigenvalue weighted by Gasteiger charge is -2.15. The third kappa shape index (κ3) is 4.23. The summed E-state index contributed by atoms with van der Waals surface area (Å²) < 4.78 is 46.2. The number of hydrogen-bond acceptors (Lipinski definition) is 4. The summed E-state index contributed by atoms with van der Waals surface area (Å²) in [6, 6.07) is 9.44. The number of halogens is 3. The molecule has 2 atom stereocenters. The predicted molar refractivity (Wildman–Crippen MR) is 103 cm³/mol. The van der Waals surface area contributed by atoms with Gasteiger partial charge in [0.05, 0.1) is 17.7 Å². The molecule has 1 aliphatic carbocycles. The third-order valence-electron chi connectivity index (χ3n) is 5.07. The molecular weight excluding hydrogens is 379 g/mol. The van der Waals surface area contributed by atoms with Gasteiger partial charge in [-0.1, -0.05) is 24.3 Å². The quantitative estimate of drug-likeness (QED) is 0.580. The van der Waals surface area contributed by atoms with Crippen molar-refractivity contribution < 1.29 is 17.9 Å². The van der Waals surface area contributed by atoms with Gasteiger partial charge in [-0.15, -0.1) is 0 Å². The van der Waals surface area contributed by atoms with Gasteiger partial charge in [0.25, 0.3) is 0 Å². The normalized spacial score (nSPS) is 18.5. The molecule has 3 aromatic rings. The zero-order chi connectivity index (χ0) is 20.6. The van der Waals surface area contributed by atoms with Crippen LogP contribution < -0.4 is 4.74 Å². The Morgan fingerprint density at radius 1 is 1.00 bits per heavy atom. The highest BCUT2D eigenvalue weighted by molar-refractivity contribution is 5.71. The molecule has 0 aliphatic heterocycles. The number of pyridine rings is 1. The van der Waals surface area contributed by atoms with Crippen LogP contribution in [0.25, 0.3) is 11.1 Å². The average Bonchev–Trinajstić information content (AvgIpc) is 3.46. The Hall–Kier alpha value is -2.96. The number of benzene rings is 1. The van der Waals surface area contributed by atoms with E-state index < -0.39 is 11.7 Å². The number of alkyl halides is 3. The van der Waals surface area contributed by atoms with E-state index in [0.717, 1.165) is 23.7 Å². The topological polar surface area (TPSA) is 47.9 Å². The molecule has 0 saturated heterocycles. The smallest absolute Gasteiger partial charge is 0.417 e. The molecule has 1 aromatic carbocycles. The number of aromatic nitrogens is 3. The SMILES string of the molecule is Cc1ccc([C@H]2C[C@@H]2COc2nc(C)ncc2-c2ccccc2C(F)(F)F)nc1. The van der Waals surface area contributed by atoms with Crippen LogP contribution in [0.1, 0.15) is 35.0 Å². The van der Waals surface area contributed by atoms with Gasteiger partial charge in [0.1, 0.15) is 5.82 Å². The lowest BCUT2D eigenvalue weighted by atomic mass is 10.0. The molecule has 0 amide bonds. The van der Waals surface area contributed by atoms with E-state index in [1.807, 2.05) is 25.3 Å². The van der Waals surface area contributed by atoms with Crippen LogP contribution in [0.4, 0.5) is 13.2 Å². The molecule has 1 fully saturated rings. The molecule has 150 valence electrons. The molecule has 0 radical (unpaired) electrons. The fourth-order valence-electron chi connectivity index (χ4n) is 3.39. The van der Waals surface area contributed by atoms with Crippen LogP contribution in [0.5, 0.6) is 5.88 Å². The Morgan fingerprint density at radius 3 is 2.52 bits per heavy atom. The Bertz CT molecular complexity index is 1020. The first-order valence-corrected chi connectivity index (χ1v) is 9.38. The van der Waals surface area contributed by atoms with E-state index in [2.05, 4.69) is 15.0 Å². The van der Waals surface area contributed by atoms with Crippen LogP contribution in [0, 0.1) is 19.8 Å². The highest BCUT2D eigenvalue weighted by atomic mass is 19.4. The number of ether oxygens (including phenoxy) is 1. The van der Waals surface area contributed by atoms with Crippen LogP contribution in [0.3, 0.4) is 0 Å². The van der Waals surface area contributed by atoms with E-state index in [-0.39, 0.29) is 22.9 Å². The first kappa shape index (κ1) is 19.4. The van der Waals surface area contributed by atoms with E-state index in [1.165, 1.54) is 18.3 Å². The van der Waals surface area contributed by atoms with E-state index >= 15 is 0 Å². The first-order chi connectivity index (χ1) is 13.8. The standard InChI is InChI=1S/C22H20F3N3O/c1-13-7-8-20(27-10-13)17-9-15(17)12-29-21-18(11-26-14(2)28-21)16-5-3-4-6-19(16)22(23,24)25/h3-8,10-11,15,17H,9,12H2,1-2H3/t15-,17+/m1/s1. The zero-order valence-electron chi connectivity index (χ0n) is 16.1. The second-order valence-corrected chi connectivity index (χ2v) is 7.35. The lowest BCUT2D eigenvalue weighted by Crippen LogP contribution is -2.09. The van der Waals surface area contributed by atoms with Crippen LogP contribution >= 0.6 is 0 Å². The Morgan fingerprint density at radius 2 is 1.79 bits per heavy atom. The third-order valence-corrected chi connectivity index (χ3v) is 5.07. The highest BCUT2D eigenvalue weighted by Gasteiger charge is 2.40. The summed E-state index contributed by atoms with van der Waals surface area (Å²) in [6.07, 6.45) is -0.300. The molecule has 1 aliphatic rings. The van der Waals surface area contributed by atoms with Crippen LogP contribution in [0.2, 0.25) is 0 Å². The first-order valence-electron chi connectivity index (χ1n) is 9.38. The summed E-state index contributed by atoms with van der Waals surface area (Å²) in [7, 11) is 0. The summed E-state index contributed by atoms with van der Waals surface area (Å²) >= 11 is 0. The molecule has 0 bridgehead atoms. The van der Waals surface area contributed by atoms with E-state index in [1.54, 1.807) is 13.0 Å². The summed E-state index contributed by atoms with van der Waals surface area (Å²) in [5, 5.41) is 0. The average molecular weight is 399 g/mol. The number of hydrogen-bond donors (Lipinski definition) is 0. The second-order valence-electron chi connectivity index (χ2n) is 7.35. The zero-order valence-corrected chi connectivity index (χ0v) is 16.1. The summed E-state index contributed by atoms with van der Waals surface area (Å²) in [5.74, 6) is 1.20. The maximum Gasteiger partial charge on any atom is 0.417 e. The molecule has 2 heterocycles. The van der Waals surface area contributed by atoms with Gasteiger partial charge in [-0.3, -0.25) is 4.98 Å². The van der Waals surface area contributed by atoms with Crippen molar-refractivity contribution in [3.05, 3.63) is 71.4 Å². The van der Waals surface area contributed by atoms with Crippen LogP contribution in [-0.4, -0.2) is 21.6 Å². The van der Waals surface area contributed by atoms with Crippen LogP contribution in [0.15, 0.2) is 48.8 Å². The van der Waals surface area contributed by atoms with Crippen molar-refractivity contribution in [3.8, 4) is 17.0 Å². The van der Waals surface area contributed by atoms with Gasteiger partial charge in [0.2, 0.25) is 5.88 Å². The molecule has 4 nitrogen and oxygen atoms in total. The fourth-order valence-corrected chi connectivity index (χ4v) is 3.39. The molecule has 29 heavy (non-hydrogen) atoms. The molecule has 0 unspecified atom stereocenters.